The van der Waals surface area contributed by atoms with Crippen molar-refractivity contribution < 1.29 is 9.32 Å². The molecule has 8 nitrogen and oxygen atoms in total. The first-order chi connectivity index (χ1) is 11.8. The molecule has 0 spiro atoms. The fraction of sp³-hybridized carbons (Fsp3) is 0.438. The molecule has 1 atom stereocenters. The standard InChI is InChI=1S/C16H18N6O2/c1-2-14-19-15(20-24-14)12-5-3-4-7-21(12)16(23)11-9-18-22-8-6-17-10-13(11)22/h6,8-10,12H,2-5,7H2,1H3. The molecular weight excluding hydrogens is 308 g/mol. The molecule has 1 saturated heterocycles. The summed E-state index contributed by atoms with van der Waals surface area (Å²) in [5.74, 6) is 1.13. The van der Waals surface area contributed by atoms with Crippen LogP contribution in [-0.4, -0.2) is 42.1 Å². The van der Waals surface area contributed by atoms with Crippen molar-refractivity contribution in [2.45, 2.75) is 38.6 Å². The molecule has 0 aromatic carbocycles. The number of carbonyl (C=O) groups is 1. The van der Waals surface area contributed by atoms with E-state index in [1.165, 1.54) is 0 Å². The highest BCUT2D eigenvalue weighted by molar-refractivity contribution is 6.00. The summed E-state index contributed by atoms with van der Waals surface area (Å²) in [7, 11) is 0. The minimum absolute atomic E-state index is 0.0643. The van der Waals surface area contributed by atoms with Gasteiger partial charge >= 0.3 is 0 Å². The third kappa shape index (κ3) is 2.44. The van der Waals surface area contributed by atoms with Gasteiger partial charge in [-0.2, -0.15) is 10.1 Å². The van der Waals surface area contributed by atoms with E-state index >= 15 is 0 Å². The van der Waals surface area contributed by atoms with Crippen molar-refractivity contribution in [2.24, 2.45) is 0 Å². The van der Waals surface area contributed by atoms with Crippen LogP contribution in [-0.2, 0) is 6.42 Å². The van der Waals surface area contributed by atoms with E-state index in [2.05, 4.69) is 20.2 Å². The number of fused-ring (bicyclic) bond motifs is 1. The Morgan fingerprint density at radius 3 is 3.12 bits per heavy atom. The van der Waals surface area contributed by atoms with Gasteiger partial charge in [-0.05, 0) is 19.3 Å². The SMILES string of the molecule is CCc1nc(C2CCCCN2C(=O)c2cnn3ccncc23)no1. The Morgan fingerprint density at radius 2 is 2.29 bits per heavy atom. The van der Waals surface area contributed by atoms with Crippen LogP contribution in [0.1, 0.15) is 54.3 Å². The minimum Gasteiger partial charge on any atom is -0.339 e. The Bertz CT molecular complexity index is 870. The van der Waals surface area contributed by atoms with E-state index in [9.17, 15) is 4.79 Å². The van der Waals surface area contributed by atoms with Crippen molar-refractivity contribution in [3.63, 3.8) is 0 Å². The molecule has 8 heteroatoms. The number of amides is 1. The molecule has 124 valence electrons. The van der Waals surface area contributed by atoms with Gasteiger partial charge in [0.25, 0.3) is 5.91 Å². The molecule has 1 aliphatic rings. The molecule has 3 aromatic heterocycles. The van der Waals surface area contributed by atoms with Crippen LogP contribution in [0.4, 0.5) is 0 Å². The zero-order valence-corrected chi connectivity index (χ0v) is 13.4. The summed E-state index contributed by atoms with van der Waals surface area (Å²) in [5, 5.41) is 8.30. The molecule has 3 aromatic rings. The van der Waals surface area contributed by atoms with Crippen LogP contribution in [0.2, 0.25) is 0 Å². The third-order valence-corrected chi connectivity index (χ3v) is 4.40. The molecule has 24 heavy (non-hydrogen) atoms. The van der Waals surface area contributed by atoms with E-state index in [1.54, 1.807) is 29.3 Å². The Balaban J connectivity index is 1.68. The zero-order chi connectivity index (χ0) is 16.5. The van der Waals surface area contributed by atoms with Gasteiger partial charge in [0.2, 0.25) is 5.89 Å². The molecule has 4 rings (SSSR count). The topological polar surface area (TPSA) is 89.4 Å². The minimum atomic E-state index is -0.151. The number of aromatic nitrogens is 5. The van der Waals surface area contributed by atoms with Gasteiger partial charge < -0.3 is 9.42 Å². The molecule has 4 heterocycles. The fourth-order valence-electron chi connectivity index (χ4n) is 3.14. The highest BCUT2D eigenvalue weighted by Crippen LogP contribution is 2.31. The lowest BCUT2D eigenvalue weighted by atomic mass is 10.0. The van der Waals surface area contributed by atoms with Gasteiger partial charge in [-0.15, -0.1) is 0 Å². The monoisotopic (exact) mass is 326 g/mol. The molecule has 1 unspecified atom stereocenters. The summed E-state index contributed by atoms with van der Waals surface area (Å²) in [6, 6.07) is -0.151. The molecule has 1 aliphatic heterocycles. The van der Waals surface area contributed by atoms with Gasteiger partial charge in [0.15, 0.2) is 5.82 Å². The lowest BCUT2D eigenvalue weighted by molar-refractivity contribution is 0.0599. The highest BCUT2D eigenvalue weighted by atomic mass is 16.5. The number of carbonyl (C=O) groups excluding carboxylic acids is 1. The second kappa shape index (κ2) is 6.03. The van der Waals surface area contributed by atoms with E-state index in [0.717, 1.165) is 19.3 Å². The maximum atomic E-state index is 13.1. The van der Waals surface area contributed by atoms with E-state index in [4.69, 9.17) is 4.52 Å². The van der Waals surface area contributed by atoms with Crippen LogP contribution in [0.5, 0.6) is 0 Å². The summed E-state index contributed by atoms with van der Waals surface area (Å²) in [5.41, 5.74) is 1.25. The molecule has 1 amide bonds. The van der Waals surface area contributed by atoms with Gasteiger partial charge in [0.05, 0.1) is 29.5 Å². The van der Waals surface area contributed by atoms with Crippen molar-refractivity contribution in [2.75, 3.05) is 6.54 Å². The van der Waals surface area contributed by atoms with Gasteiger partial charge in [-0.25, -0.2) is 4.52 Å². The van der Waals surface area contributed by atoms with E-state index in [0.29, 0.717) is 35.8 Å². The van der Waals surface area contributed by atoms with Gasteiger partial charge in [0, 0.05) is 25.4 Å². The largest absolute Gasteiger partial charge is 0.339 e. The van der Waals surface area contributed by atoms with Crippen LogP contribution in [0, 0.1) is 0 Å². The molecular formula is C16H18N6O2. The Kier molecular flexibility index (Phi) is 3.72. The molecule has 0 radical (unpaired) electrons. The lowest BCUT2D eigenvalue weighted by Crippen LogP contribution is -2.39. The second-order valence-corrected chi connectivity index (χ2v) is 5.87. The van der Waals surface area contributed by atoms with E-state index in [-0.39, 0.29) is 11.9 Å². The molecule has 0 saturated carbocycles. The van der Waals surface area contributed by atoms with Crippen molar-refractivity contribution >= 4 is 11.4 Å². The average molecular weight is 326 g/mol. The molecule has 1 fully saturated rings. The Morgan fingerprint density at radius 1 is 1.38 bits per heavy atom. The number of aryl methyl sites for hydroxylation is 1. The third-order valence-electron chi connectivity index (χ3n) is 4.40. The number of piperidine rings is 1. The zero-order valence-electron chi connectivity index (χ0n) is 13.4. The summed E-state index contributed by atoms with van der Waals surface area (Å²) in [6.07, 6.45) is 10.2. The normalized spacial score (nSPS) is 18.2. The van der Waals surface area contributed by atoms with Crippen LogP contribution < -0.4 is 0 Å². The summed E-state index contributed by atoms with van der Waals surface area (Å²) in [6.45, 7) is 2.64. The average Bonchev–Trinajstić information content (AvgIpc) is 3.28. The smallest absolute Gasteiger partial charge is 0.258 e. The van der Waals surface area contributed by atoms with Crippen molar-refractivity contribution in [1.29, 1.82) is 0 Å². The van der Waals surface area contributed by atoms with Crippen molar-refractivity contribution in [3.05, 3.63) is 42.1 Å². The van der Waals surface area contributed by atoms with E-state index < -0.39 is 0 Å². The maximum absolute atomic E-state index is 13.1. The number of likely N-dealkylation sites (tertiary alicyclic amines) is 1. The van der Waals surface area contributed by atoms with Crippen LogP contribution in [0.25, 0.3) is 5.52 Å². The first-order valence-electron chi connectivity index (χ1n) is 8.18. The summed E-state index contributed by atoms with van der Waals surface area (Å²) < 4.78 is 6.89. The number of hydrogen-bond acceptors (Lipinski definition) is 6. The summed E-state index contributed by atoms with van der Waals surface area (Å²) in [4.78, 5) is 23.4. The summed E-state index contributed by atoms with van der Waals surface area (Å²) >= 11 is 0. The molecule has 0 N–H and O–H groups in total. The molecule has 0 bridgehead atoms. The van der Waals surface area contributed by atoms with Crippen molar-refractivity contribution in [1.82, 2.24) is 29.6 Å². The Hall–Kier alpha value is -2.77. The maximum Gasteiger partial charge on any atom is 0.258 e. The van der Waals surface area contributed by atoms with Crippen LogP contribution in [0.3, 0.4) is 0 Å². The van der Waals surface area contributed by atoms with Gasteiger partial charge in [-0.1, -0.05) is 12.1 Å². The predicted molar refractivity (Wildman–Crippen MR) is 84.3 cm³/mol. The fourth-order valence-corrected chi connectivity index (χ4v) is 3.14. The lowest BCUT2D eigenvalue weighted by Gasteiger charge is -2.33. The number of hydrogen-bond donors (Lipinski definition) is 0. The second-order valence-electron chi connectivity index (χ2n) is 5.87. The number of nitrogens with zero attached hydrogens (tertiary/aromatic N) is 6. The molecule has 0 aliphatic carbocycles. The quantitative estimate of drug-likeness (QED) is 0.732. The van der Waals surface area contributed by atoms with Crippen LogP contribution in [0.15, 0.2) is 29.3 Å². The van der Waals surface area contributed by atoms with E-state index in [1.807, 2.05) is 11.8 Å². The van der Waals surface area contributed by atoms with Gasteiger partial charge in [-0.3, -0.25) is 9.78 Å². The first kappa shape index (κ1) is 14.8. The highest BCUT2D eigenvalue weighted by Gasteiger charge is 2.33. The Labute approximate surface area is 138 Å². The van der Waals surface area contributed by atoms with Gasteiger partial charge in [0.1, 0.15) is 0 Å². The van der Waals surface area contributed by atoms with Crippen LogP contribution >= 0.6 is 0 Å². The first-order valence-corrected chi connectivity index (χ1v) is 8.18. The predicted octanol–water partition coefficient (Wildman–Crippen LogP) is 2.04. The number of rotatable bonds is 3. The van der Waals surface area contributed by atoms with Crippen molar-refractivity contribution in [3.8, 4) is 0 Å².